The number of nitrogens with one attached hydrogen (secondary N) is 1. The summed E-state index contributed by atoms with van der Waals surface area (Å²) in [5.74, 6) is 0.873. The minimum atomic E-state index is -0.450. The molecule has 0 unspecified atom stereocenters. The van der Waals surface area contributed by atoms with E-state index in [0.29, 0.717) is 25.4 Å². The summed E-state index contributed by atoms with van der Waals surface area (Å²) in [6.07, 6.45) is 2.66. The molecular weight excluding hydrogens is 276 g/mol. The molecule has 0 aliphatic rings. The lowest BCUT2D eigenvalue weighted by molar-refractivity contribution is -0.385. The molecule has 0 saturated carbocycles. The number of hydrogen-bond acceptors (Lipinski definition) is 7. The third-order valence-corrected chi connectivity index (χ3v) is 2.70. The van der Waals surface area contributed by atoms with E-state index >= 15 is 0 Å². The maximum atomic E-state index is 10.9. The summed E-state index contributed by atoms with van der Waals surface area (Å²) >= 11 is 0. The first-order valence-corrected chi connectivity index (χ1v) is 6.61. The van der Waals surface area contributed by atoms with Crippen molar-refractivity contribution in [2.45, 2.75) is 19.8 Å². The van der Waals surface area contributed by atoms with Crippen LogP contribution in [0.15, 0.2) is 29.1 Å². The molecule has 1 aromatic carbocycles. The van der Waals surface area contributed by atoms with Crippen LogP contribution in [0.25, 0.3) is 0 Å². The van der Waals surface area contributed by atoms with E-state index in [-0.39, 0.29) is 11.4 Å². The molecule has 1 aromatic heterocycles. The average Bonchev–Trinajstić information content (AvgIpc) is 2.98. The summed E-state index contributed by atoms with van der Waals surface area (Å²) in [6.45, 7) is 2.97. The maximum absolute atomic E-state index is 10.9. The van der Waals surface area contributed by atoms with Crippen LogP contribution in [0.2, 0.25) is 0 Å². The summed E-state index contributed by atoms with van der Waals surface area (Å²) in [5.41, 5.74) is 0.711. The average molecular weight is 292 g/mol. The smallest absolute Gasteiger partial charge is 0.311 e. The van der Waals surface area contributed by atoms with Gasteiger partial charge in [-0.05, 0) is 12.5 Å². The van der Waals surface area contributed by atoms with Gasteiger partial charge in [-0.25, -0.2) is 0 Å². The Morgan fingerprint density at radius 2 is 2.33 bits per heavy atom. The molecule has 0 atom stereocenters. The Bertz CT molecular complexity index is 586. The number of nitro benzene ring substituents is 1. The normalized spacial score (nSPS) is 10.3. The first-order chi connectivity index (χ1) is 10.2. The Morgan fingerprint density at radius 1 is 1.48 bits per heavy atom. The van der Waals surface area contributed by atoms with Gasteiger partial charge in [-0.2, -0.15) is 4.98 Å². The summed E-state index contributed by atoms with van der Waals surface area (Å²) in [7, 11) is 0. The summed E-state index contributed by atoms with van der Waals surface area (Å²) in [4.78, 5) is 14.4. The van der Waals surface area contributed by atoms with Crippen molar-refractivity contribution in [3.63, 3.8) is 0 Å². The Hall–Kier alpha value is -2.64. The topological polar surface area (TPSA) is 103 Å². The number of nitro groups is 1. The molecule has 0 aliphatic heterocycles. The van der Waals surface area contributed by atoms with Crippen LogP contribution in [-0.4, -0.2) is 28.2 Å². The Morgan fingerprint density at radius 3 is 3.00 bits per heavy atom. The van der Waals surface area contributed by atoms with E-state index in [1.807, 2.05) is 6.92 Å². The Labute approximate surface area is 121 Å². The third kappa shape index (κ3) is 4.16. The van der Waals surface area contributed by atoms with Gasteiger partial charge in [-0.1, -0.05) is 12.1 Å². The van der Waals surface area contributed by atoms with E-state index < -0.39 is 4.92 Å². The number of aromatic nitrogens is 2. The van der Waals surface area contributed by atoms with Gasteiger partial charge in [0.1, 0.15) is 0 Å². The number of ether oxygens (including phenoxy) is 1. The van der Waals surface area contributed by atoms with Crippen LogP contribution in [0.1, 0.15) is 19.2 Å². The van der Waals surface area contributed by atoms with Crippen LogP contribution in [0, 0.1) is 10.1 Å². The van der Waals surface area contributed by atoms with Crippen LogP contribution in [0.4, 0.5) is 11.4 Å². The fourth-order valence-corrected chi connectivity index (χ4v) is 1.72. The van der Waals surface area contributed by atoms with E-state index in [2.05, 4.69) is 20.0 Å². The van der Waals surface area contributed by atoms with Gasteiger partial charge in [0.15, 0.2) is 11.6 Å². The van der Waals surface area contributed by atoms with E-state index in [4.69, 9.17) is 4.74 Å². The zero-order valence-corrected chi connectivity index (χ0v) is 11.6. The van der Waals surface area contributed by atoms with Gasteiger partial charge in [0, 0.05) is 30.8 Å². The van der Waals surface area contributed by atoms with Crippen LogP contribution >= 0.6 is 0 Å². The van der Waals surface area contributed by atoms with Gasteiger partial charge in [0.05, 0.1) is 11.5 Å². The van der Waals surface area contributed by atoms with Gasteiger partial charge < -0.3 is 14.6 Å². The van der Waals surface area contributed by atoms with Gasteiger partial charge in [-0.3, -0.25) is 10.1 Å². The van der Waals surface area contributed by atoms with Crippen molar-refractivity contribution in [3.8, 4) is 5.75 Å². The van der Waals surface area contributed by atoms with Crippen molar-refractivity contribution in [2.75, 3.05) is 18.5 Å². The molecule has 0 saturated heterocycles. The first kappa shape index (κ1) is 14.8. The molecule has 2 rings (SSSR count). The minimum Gasteiger partial charge on any atom is -0.487 e. The highest BCUT2D eigenvalue weighted by molar-refractivity contribution is 5.58. The molecule has 0 bridgehead atoms. The lowest BCUT2D eigenvalue weighted by Crippen LogP contribution is -2.07. The minimum absolute atomic E-state index is 0.0350. The highest BCUT2D eigenvalue weighted by Gasteiger charge is 2.15. The molecule has 8 nitrogen and oxygen atoms in total. The molecule has 0 spiro atoms. The highest BCUT2D eigenvalue weighted by atomic mass is 16.6. The van der Waals surface area contributed by atoms with Crippen LogP contribution in [0.3, 0.4) is 0 Å². The number of hydrogen-bond donors (Lipinski definition) is 1. The van der Waals surface area contributed by atoms with Crippen LogP contribution in [0.5, 0.6) is 5.75 Å². The second kappa shape index (κ2) is 7.22. The second-order valence-electron chi connectivity index (χ2n) is 4.31. The zero-order chi connectivity index (χ0) is 15.1. The number of rotatable bonds is 8. The molecule has 0 amide bonds. The lowest BCUT2D eigenvalue weighted by Gasteiger charge is -2.09. The molecule has 0 aliphatic carbocycles. The third-order valence-electron chi connectivity index (χ3n) is 2.70. The zero-order valence-electron chi connectivity index (χ0n) is 11.6. The predicted octanol–water partition coefficient (Wildman–Crippen LogP) is 2.42. The largest absolute Gasteiger partial charge is 0.487 e. The highest BCUT2D eigenvalue weighted by Crippen LogP contribution is 2.30. The van der Waals surface area contributed by atoms with Crippen molar-refractivity contribution < 1.29 is 14.2 Å². The van der Waals surface area contributed by atoms with Crippen LogP contribution in [-0.2, 0) is 6.42 Å². The van der Waals surface area contributed by atoms with Crippen molar-refractivity contribution >= 4 is 11.4 Å². The quantitative estimate of drug-likeness (QED) is 0.588. The van der Waals surface area contributed by atoms with Gasteiger partial charge in [0.2, 0.25) is 6.39 Å². The summed E-state index contributed by atoms with van der Waals surface area (Å²) in [5, 5.41) is 17.8. The predicted molar refractivity (Wildman–Crippen MR) is 75.4 cm³/mol. The molecule has 2 aromatic rings. The second-order valence-corrected chi connectivity index (χ2v) is 4.31. The Balaban J connectivity index is 2.00. The molecule has 0 fully saturated rings. The van der Waals surface area contributed by atoms with E-state index in [1.165, 1.54) is 12.5 Å². The number of nitrogens with zero attached hydrogens (tertiary/aromatic N) is 3. The first-order valence-electron chi connectivity index (χ1n) is 6.61. The molecule has 1 N–H and O–H groups in total. The molecule has 1 heterocycles. The van der Waals surface area contributed by atoms with Gasteiger partial charge in [-0.15, -0.1) is 0 Å². The lowest BCUT2D eigenvalue weighted by atomic mass is 10.2. The molecule has 0 radical (unpaired) electrons. The fraction of sp³-hybridized carbons (Fsp3) is 0.385. The SMILES string of the molecule is CCCOc1cc(NCCc2ncon2)ccc1[N+](=O)[O-]. The maximum Gasteiger partial charge on any atom is 0.311 e. The summed E-state index contributed by atoms with van der Waals surface area (Å²) < 4.78 is 10.1. The standard InChI is InChI=1S/C13H16N4O4/c1-2-7-20-12-8-10(3-4-11(12)17(18)19)14-6-5-13-15-9-21-16-13/h3-4,8-9,14H,2,5-7H2,1H3. The molecule has 21 heavy (non-hydrogen) atoms. The molecule has 8 heteroatoms. The van der Waals surface area contributed by atoms with Crippen molar-refractivity contribution in [2.24, 2.45) is 0 Å². The van der Waals surface area contributed by atoms with Crippen LogP contribution < -0.4 is 10.1 Å². The molecular formula is C13H16N4O4. The van der Waals surface area contributed by atoms with Crippen molar-refractivity contribution in [1.82, 2.24) is 10.1 Å². The van der Waals surface area contributed by atoms with Gasteiger partial charge >= 0.3 is 5.69 Å². The van der Waals surface area contributed by atoms with E-state index in [0.717, 1.165) is 12.1 Å². The monoisotopic (exact) mass is 292 g/mol. The number of anilines is 1. The van der Waals surface area contributed by atoms with Crippen molar-refractivity contribution in [1.29, 1.82) is 0 Å². The fourth-order valence-electron chi connectivity index (χ4n) is 1.72. The number of benzene rings is 1. The van der Waals surface area contributed by atoms with Crippen molar-refractivity contribution in [3.05, 3.63) is 40.5 Å². The Kier molecular flexibility index (Phi) is 5.08. The van der Waals surface area contributed by atoms with E-state index in [9.17, 15) is 10.1 Å². The van der Waals surface area contributed by atoms with E-state index in [1.54, 1.807) is 12.1 Å². The van der Waals surface area contributed by atoms with Gasteiger partial charge in [0.25, 0.3) is 0 Å². The molecule has 112 valence electrons. The summed E-state index contributed by atoms with van der Waals surface area (Å²) in [6, 6.07) is 4.71.